The van der Waals surface area contributed by atoms with Gasteiger partial charge in [0.15, 0.2) is 0 Å². The number of hydrogen-bond donors (Lipinski definition) is 1. The molecule has 1 N–H and O–H groups in total. The van der Waals surface area contributed by atoms with Gasteiger partial charge in [0, 0.05) is 12.4 Å². The number of hydrogen-bond acceptors (Lipinski definition) is 5. The summed E-state index contributed by atoms with van der Waals surface area (Å²) in [5.74, 6) is -0.330. The lowest BCUT2D eigenvalue weighted by Gasteiger charge is -2.13. The van der Waals surface area contributed by atoms with Crippen LogP contribution in [0.5, 0.6) is 5.75 Å². The first-order chi connectivity index (χ1) is 9.99. The Morgan fingerprint density at radius 1 is 1.19 bits per heavy atom. The predicted octanol–water partition coefficient (Wildman–Crippen LogP) is 1.35. The first kappa shape index (κ1) is 15.1. The first-order valence-corrected chi connectivity index (χ1v) is 7.66. The molecule has 2 aromatic rings. The van der Waals surface area contributed by atoms with E-state index >= 15 is 0 Å². The molecular formula is C14H14N2O4S. The van der Waals surface area contributed by atoms with Crippen LogP contribution in [0.3, 0.4) is 0 Å². The molecule has 0 spiro atoms. The molecule has 0 bridgehead atoms. The molecular weight excluding hydrogens is 292 g/mol. The maximum Gasteiger partial charge on any atom is 0.329 e. The molecule has 0 radical (unpaired) electrons. The standard InChI is InChI=1S/C14H14N2O4S/c1-11(14(17)20-12-6-3-2-4-7-12)16-21(18,19)13-8-5-9-15-10-13/h2-11,16H,1H3/t11-/m0/s1. The van der Waals surface area contributed by atoms with Crippen molar-refractivity contribution in [1.29, 1.82) is 0 Å². The molecule has 2 rings (SSSR count). The normalized spacial score (nSPS) is 12.6. The van der Waals surface area contributed by atoms with E-state index in [1.54, 1.807) is 30.3 Å². The molecule has 0 saturated carbocycles. The van der Waals surface area contributed by atoms with Crippen molar-refractivity contribution in [3.63, 3.8) is 0 Å². The molecule has 7 heteroatoms. The minimum atomic E-state index is -3.81. The van der Waals surface area contributed by atoms with Gasteiger partial charge in [0.05, 0.1) is 0 Å². The van der Waals surface area contributed by atoms with Crippen molar-refractivity contribution < 1.29 is 17.9 Å². The monoisotopic (exact) mass is 306 g/mol. The van der Waals surface area contributed by atoms with Gasteiger partial charge in [-0.25, -0.2) is 13.2 Å². The van der Waals surface area contributed by atoms with E-state index in [2.05, 4.69) is 9.71 Å². The molecule has 1 aromatic carbocycles. The Balaban J connectivity index is 2.04. The minimum Gasteiger partial charge on any atom is -0.425 e. The Morgan fingerprint density at radius 3 is 2.52 bits per heavy atom. The van der Waals surface area contributed by atoms with Crippen molar-refractivity contribution >= 4 is 16.0 Å². The molecule has 0 fully saturated rings. The van der Waals surface area contributed by atoms with E-state index in [1.807, 2.05) is 0 Å². The topological polar surface area (TPSA) is 85.4 Å². The zero-order valence-electron chi connectivity index (χ0n) is 11.3. The second-order valence-electron chi connectivity index (χ2n) is 4.27. The summed E-state index contributed by atoms with van der Waals surface area (Å²) in [5, 5.41) is 0. The summed E-state index contributed by atoms with van der Waals surface area (Å²) < 4.78 is 31.4. The fourth-order valence-electron chi connectivity index (χ4n) is 1.55. The van der Waals surface area contributed by atoms with Crippen LogP contribution in [0.2, 0.25) is 0 Å². The molecule has 0 aliphatic rings. The number of carbonyl (C=O) groups is 1. The minimum absolute atomic E-state index is 0.00985. The van der Waals surface area contributed by atoms with E-state index < -0.39 is 22.0 Å². The molecule has 0 aliphatic heterocycles. The van der Waals surface area contributed by atoms with Crippen molar-refractivity contribution in [2.24, 2.45) is 0 Å². The van der Waals surface area contributed by atoms with Crippen LogP contribution in [0.25, 0.3) is 0 Å². The SMILES string of the molecule is C[C@H](NS(=O)(=O)c1cccnc1)C(=O)Oc1ccccc1. The average Bonchev–Trinajstić information content (AvgIpc) is 2.48. The van der Waals surface area contributed by atoms with Gasteiger partial charge in [-0.2, -0.15) is 4.72 Å². The number of para-hydroxylation sites is 1. The predicted molar refractivity (Wildman–Crippen MR) is 76.1 cm³/mol. The molecule has 0 amide bonds. The van der Waals surface area contributed by atoms with Gasteiger partial charge in [0.25, 0.3) is 0 Å². The van der Waals surface area contributed by atoms with E-state index in [9.17, 15) is 13.2 Å². The Bertz CT molecular complexity index is 702. The highest BCUT2D eigenvalue weighted by Crippen LogP contribution is 2.11. The van der Waals surface area contributed by atoms with Crippen molar-refractivity contribution in [3.8, 4) is 5.75 Å². The lowest BCUT2D eigenvalue weighted by molar-refractivity contribution is -0.135. The maximum atomic E-state index is 12.0. The van der Waals surface area contributed by atoms with E-state index in [1.165, 1.54) is 31.5 Å². The lowest BCUT2D eigenvalue weighted by atomic mass is 10.3. The van der Waals surface area contributed by atoms with E-state index in [-0.39, 0.29) is 4.90 Å². The highest BCUT2D eigenvalue weighted by atomic mass is 32.2. The summed E-state index contributed by atoms with van der Waals surface area (Å²) in [4.78, 5) is 15.6. The van der Waals surface area contributed by atoms with E-state index in [0.717, 1.165) is 0 Å². The zero-order chi connectivity index (χ0) is 15.3. The number of benzene rings is 1. The van der Waals surface area contributed by atoms with Crippen molar-refractivity contribution in [1.82, 2.24) is 9.71 Å². The number of nitrogens with zero attached hydrogens (tertiary/aromatic N) is 1. The molecule has 0 unspecified atom stereocenters. The Morgan fingerprint density at radius 2 is 1.90 bits per heavy atom. The highest BCUT2D eigenvalue weighted by Gasteiger charge is 2.23. The number of rotatable bonds is 5. The zero-order valence-corrected chi connectivity index (χ0v) is 12.1. The second kappa shape index (κ2) is 6.47. The van der Waals surface area contributed by atoms with Crippen LogP contribution in [-0.2, 0) is 14.8 Å². The van der Waals surface area contributed by atoms with Gasteiger partial charge >= 0.3 is 5.97 Å². The summed E-state index contributed by atoms with van der Waals surface area (Å²) in [7, 11) is -3.81. The molecule has 1 aromatic heterocycles. The Hall–Kier alpha value is -2.25. The summed E-state index contributed by atoms with van der Waals surface area (Å²) >= 11 is 0. The summed E-state index contributed by atoms with van der Waals surface area (Å²) in [5.41, 5.74) is 0. The van der Waals surface area contributed by atoms with Gasteiger partial charge in [-0.05, 0) is 31.2 Å². The molecule has 110 valence electrons. The number of esters is 1. The van der Waals surface area contributed by atoms with E-state index in [4.69, 9.17) is 4.74 Å². The van der Waals surface area contributed by atoms with Gasteiger partial charge in [0.2, 0.25) is 10.0 Å². The number of sulfonamides is 1. The highest BCUT2D eigenvalue weighted by molar-refractivity contribution is 7.89. The van der Waals surface area contributed by atoms with Gasteiger partial charge in [0.1, 0.15) is 16.7 Å². The average molecular weight is 306 g/mol. The number of nitrogens with one attached hydrogen (secondary N) is 1. The van der Waals surface area contributed by atoms with E-state index in [0.29, 0.717) is 5.75 Å². The van der Waals surface area contributed by atoms with Crippen LogP contribution >= 0.6 is 0 Å². The quantitative estimate of drug-likeness (QED) is 0.666. The van der Waals surface area contributed by atoms with Gasteiger partial charge < -0.3 is 4.74 Å². The van der Waals surface area contributed by atoms with Crippen molar-refractivity contribution in [3.05, 3.63) is 54.9 Å². The lowest BCUT2D eigenvalue weighted by Crippen LogP contribution is -2.40. The second-order valence-corrected chi connectivity index (χ2v) is 5.98. The third-order valence-electron chi connectivity index (χ3n) is 2.59. The Labute approximate surface area is 122 Å². The summed E-state index contributed by atoms with van der Waals surface area (Å²) in [6, 6.07) is 10.3. The van der Waals surface area contributed by atoms with Crippen LogP contribution < -0.4 is 9.46 Å². The molecule has 6 nitrogen and oxygen atoms in total. The van der Waals surface area contributed by atoms with Crippen LogP contribution in [0, 0.1) is 0 Å². The van der Waals surface area contributed by atoms with Gasteiger partial charge in [-0.15, -0.1) is 0 Å². The van der Waals surface area contributed by atoms with Gasteiger partial charge in [-0.3, -0.25) is 4.98 Å². The third-order valence-corrected chi connectivity index (χ3v) is 4.12. The number of ether oxygens (including phenoxy) is 1. The number of aromatic nitrogens is 1. The summed E-state index contributed by atoms with van der Waals surface area (Å²) in [6.07, 6.45) is 2.67. The Kier molecular flexibility index (Phi) is 4.66. The molecule has 1 heterocycles. The molecule has 0 aliphatic carbocycles. The number of pyridine rings is 1. The van der Waals surface area contributed by atoms with Crippen LogP contribution in [0.4, 0.5) is 0 Å². The van der Waals surface area contributed by atoms with Crippen LogP contribution in [0.15, 0.2) is 59.8 Å². The third kappa shape index (κ3) is 4.11. The molecule has 1 atom stereocenters. The smallest absolute Gasteiger partial charge is 0.329 e. The fourth-order valence-corrected chi connectivity index (χ4v) is 2.70. The van der Waals surface area contributed by atoms with Crippen LogP contribution in [-0.4, -0.2) is 25.4 Å². The van der Waals surface area contributed by atoms with Crippen molar-refractivity contribution in [2.45, 2.75) is 17.9 Å². The first-order valence-electron chi connectivity index (χ1n) is 6.18. The molecule has 0 saturated heterocycles. The largest absolute Gasteiger partial charge is 0.425 e. The van der Waals surface area contributed by atoms with Crippen LogP contribution in [0.1, 0.15) is 6.92 Å². The van der Waals surface area contributed by atoms with Gasteiger partial charge in [-0.1, -0.05) is 18.2 Å². The number of carbonyl (C=O) groups excluding carboxylic acids is 1. The molecule has 21 heavy (non-hydrogen) atoms. The summed E-state index contributed by atoms with van der Waals surface area (Å²) in [6.45, 7) is 1.42. The van der Waals surface area contributed by atoms with Crippen molar-refractivity contribution in [2.75, 3.05) is 0 Å². The fraction of sp³-hybridized carbons (Fsp3) is 0.143. The maximum absolute atomic E-state index is 12.0.